The van der Waals surface area contributed by atoms with Crippen molar-refractivity contribution in [2.75, 3.05) is 19.0 Å². The Labute approximate surface area is 136 Å². The van der Waals surface area contributed by atoms with Crippen molar-refractivity contribution in [3.05, 3.63) is 33.3 Å². The Hall–Kier alpha value is -2.52. The number of nitrogens with zero attached hydrogens (tertiary/aromatic N) is 2. The Morgan fingerprint density at radius 2 is 2.09 bits per heavy atom. The molecule has 0 aliphatic heterocycles. The van der Waals surface area contributed by atoms with Gasteiger partial charge in [0.05, 0.1) is 11.3 Å². The van der Waals surface area contributed by atoms with Gasteiger partial charge in [-0.05, 0) is 19.1 Å². The van der Waals surface area contributed by atoms with E-state index in [0.717, 1.165) is 6.07 Å². The number of carbonyl (C=O) groups is 2. The van der Waals surface area contributed by atoms with Crippen LogP contribution in [0.5, 0.6) is 0 Å². The molecule has 0 saturated carbocycles. The predicted molar refractivity (Wildman–Crippen MR) is 84.5 cm³/mol. The average Bonchev–Trinajstić information content (AvgIpc) is 2.47. The maximum Gasteiger partial charge on any atom is 0.289 e. The average molecular weight is 343 g/mol. The van der Waals surface area contributed by atoms with Crippen molar-refractivity contribution >= 4 is 40.5 Å². The highest BCUT2D eigenvalue weighted by Crippen LogP contribution is 2.27. The number of carbonyl (C=O) groups excluding carboxylic acids is 2. The van der Waals surface area contributed by atoms with E-state index in [1.165, 1.54) is 19.2 Å². The van der Waals surface area contributed by atoms with E-state index < -0.39 is 16.7 Å². The predicted octanol–water partition coefficient (Wildman–Crippen LogP) is 1.72. The van der Waals surface area contributed by atoms with Crippen LogP contribution in [0.4, 0.5) is 11.4 Å². The van der Waals surface area contributed by atoms with Crippen molar-refractivity contribution in [3.63, 3.8) is 0 Å². The zero-order valence-electron chi connectivity index (χ0n) is 12.5. The number of rotatable bonds is 7. The number of nitrogens with one attached hydrogen (secondary N) is 2. The van der Waals surface area contributed by atoms with Gasteiger partial charge in [0, 0.05) is 24.6 Å². The first-order valence-corrected chi connectivity index (χ1v) is 6.76. The molecule has 0 heterocycles. The monoisotopic (exact) mass is 342 g/mol. The van der Waals surface area contributed by atoms with Gasteiger partial charge in [-0.3, -0.25) is 19.7 Å². The van der Waals surface area contributed by atoms with Crippen LogP contribution in [0.3, 0.4) is 0 Å². The van der Waals surface area contributed by atoms with E-state index in [9.17, 15) is 19.7 Å². The van der Waals surface area contributed by atoms with Crippen molar-refractivity contribution in [2.45, 2.75) is 13.3 Å². The van der Waals surface area contributed by atoms with Crippen molar-refractivity contribution in [2.24, 2.45) is 5.10 Å². The molecule has 0 spiro atoms. The topological polar surface area (TPSA) is 123 Å². The van der Waals surface area contributed by atoms with Crippen LogP contribution in [-0.2, 0) is 14.3 Å². The van der Waals surface area contributed by atoms with Crippen LogP contribution in [-0.4, -0.2) is 36.2 Å². The first-order chi connectivity index (χ1) is 10.8. The molecule has 0 fully saturated rings. The standard InChI is InChI=1S/C13H15ClN4O5/c1-8(16-17-13(20)7-23-2)5-12(19)15-9-3-4-10(14)11(6-9)18(21)22/h3-4,6H,5,7H2,1-2H3,(H,15,19)(H,17,20)/b16-8+. The van der Waals surface area contributed by atoms with Gasteiger partial charge in [0.1, 0.15) is 11.6 Å². The quantitative estimate of drug-likeness (QED) is 0.443. The number of halogens is 1. The van der Waals surface area contributed by atoms with E-state index in [4.69, 9.17) is 11.6 Å². The number of ether oxygens (including phenoxy) is 1. The van der Waals surface area contributed by atoms with Crippen molar-refractivity contribution in [1.29, 1.82) is 0 Å². The van der Waals surface area contributed by atoms with Crippen LogP contribution < -0.4 is 10.7 Å². The summed E-state index contributed by atoms with van der Waals surface area (Å²) in [5.41, 5.74) is 2.51. The molecule has 0 bridgehead atoms. The first kappa shape index (κ1) is 18.5. The Bertz CT molecular complexity index is 647. The molecular weight excluding hydrogens is 328 g/mol. The summed E-state index contributed by atoms with van der Waals surface area (Å²) >= 11 is 5.68. The Balaban J connectivity index is 2.63. The molecule has 2 N–H and O–H groups in total. The third-order valence-electron chi connectivity index (χ3n) is 2.49. The molecule has 0 aliphatic rings. The normalized spacial score (nSPS) is 11.0. The molecule has 9 nitrogen and oxygen atoms in total. The lowest BCUT2D eigenvalue weighted by molar-refractivity contribution is -0.384. The highest BCUT2D eigenvalue weighted by Gasteiger charge is 2.14. The second kappa shape index (κ2) is 8.81. The van der Waals surface area contributed by atoms with Crippen LogP contribution in [0.25, 0.3) is 0 Å². The van der Waals surface area contributed by atoms with Crippen molar-refractivity contribution < 1.29 is 19.2 Å². The van der Waals surface area contributed by atoms with Gasteiger partial charge in [-0.15, -0.1) is 0 Å². The van der Waals surface area contributed by atoms with Gasteiger partial charge in [0.15, 0.2) is 0 Å². The van der Waals surface area contributed by atoms with Gasteiger partial charge < -0.3 is 10.1 Å². The summed E-state index contributed by atoms with van der Waals surface area (Å²) in [7, 11) is 1.37. The Kier molecular flexibility index (Phi) is 7.10. The zero-order valence-corrected chi connectivity index (χ0v) is 13.2. The van der Waals surface area contributed by atoms with Crippen molar-refractivity contribution in [1.82, 2.24) is 5.43 Å². The third kappa shape index (κ3) is 6.41. The van der Waals surface area contributed by atoms with E-state index >= 15 is 0 Å². The Morgan fingerprint density at radius 1 is 1.39 bits per heavy atom. The summed E-state index contributed by atoms with van der Waals surface area (Å²) in [5, 5.41) is 17.0. The summed E-state index contributed by atoms with van der Waals surface area (Å²) in [5.74, 6) is -0.885. The van der Waals surface area contributed by atoms with Gasteiger partial charge in [0.25, 0.3) is 11.6 Å². The largest absolute Gasteiger partial charge is 0.375 e. The fourth-order valence-corrected chi connectivity index (χ4v) is 1.72. The molecule has 124 valence electrons. The lowest BCUT2D eigenvalue weighted by atomic mass is 10.2. The number of nitro benzene ring substituents is 1. The zero-order chi connectivity index (χ0) is 17.4. The van der Waals surface area contributed by atoms with Gasteiger partial charge in [-0.25, -0.2) is 5.43 Å². The van der Waals surface area contributed by atoms with Gasteiger partial charge in [0.2, 0.25) is 5.91 Å². The number of anilines is 1. The fourth-order valence-electron chi connectivity index (χ4n) is 1.53. The van der Waals surface area contributed by atoms with Gasteiger partial charge >= 0.3 is 0 Å². The maximum atomic E-state index is 11.8. The van der Waals surface area contributed by atoms with Crippen LogP contribution in [0.2, 0.25) is 5.02 Å². The van der Waals surface area contributed by atoms with E-state index in [-0.39, 0.29) is 29.4 Å². The highest BCUT2D eigenvalue weighted by molar-refractivity contribution is 6.32. The molecule has 0 aliphatic carbocycles. The molecule has 23 heavy (non-hydrogen) atoms. The van der Waals surface area contributed by atoms with E-state index in [2.05, 4.69) is 20.6 Å². The molecule has 1 aromatic carbocycles. The molecule has 0 radical (unpaired) electrons. The second-order valence-corrected chi connectivity index (χ2v) is 4.87. The Morgan fingerprint density at radius 3 is 2.70 bits per heavy atom. The molecule has 10 heteroatoms. The van der Waals surface area contributed by atoms with Crippen molar-refractivity contribution in [3.8, 4) is 0 Å². The summed E-state index contributed by atoms with van der Waals surface area (Å²) in [4.78, 5) is 33.1. The molecule has 1 rings (SSSR count). The molecule has 0 unspecified atom stereocenters. The minimum Gasteiger partial charge on any atom is -0.375 e. The number of hydrogen-bond donors (Lipinski definition) is 2. The van der Waals surface area contributed by atoms with E-state index in [1.54, 1.807) is 6.92 Å². The summed E-state index contributed by atoms with van der Waals surface area (Å²) < 4.78 is 4.61. The van der Waals surface area contributed by atoms with Crippen LogP contribution >= 0.6 is 11.6 Å². The third-order valence-corrected chi connectivity index (χ3v) is 2.81. The SMILES string of the molecule is COCC(=O)N/N=C(\C)CC(=O)Nc1ccc(Cl)c([N+](=O)[O-])c1. The minimum absolute atomic E-state index is 0.0217. The van der Waals surface area contributed by atoms with Crippen LogP contribution in [0.15, 0.2) is 23.3 Å². The smallest absolute Gasteiger partial charge is 0.289 e. The fraction of sp³-hybridized carbons (Fsp3) is 0.308. The number of hydrogen-bond acceptors (Lipinski definition) is 6. The maximum absolute atomic E-state index is 11.8. The summed E-state index contributed by atoms with van der Waals surface area (Å²) in [6.07, 6.45) is -0.0936. The highest BCUT2D eigenvalue weighted by atomic mass is 35.5. The molecular formula is C13H15ClN4O5. The number of methoxy groups -OCH3 is 1. The van der Waals surface area contributed by atoms with Gasteiger partial charge in [-0.1, -0.05) is 11.6 Å². The number of nitro groups is 1. The summed E-state index contributed by atoms with van der Waals surface area (Å²) in [6.45, 7) is 1.41. The number of benzene rings is 1. The van der Waals surface area contributed by atoms with Crippen LogP contribution in [0.1, 0.15) is 13.3 Å². The van der Waals surface area contributed by atoms with Gasteiger partial charge in [-0.2, -0.15) is 5.10 Å². The number of amides is 2. The van der Waals surface area contributed by atoms with Crippen LogP contribution in [0, 0.1) is 10.1 Å². The van der Waals surface area contributed by atoms with E-state index in [1.807, 2.05) is 0 Å². The molecule has 0 aromatic heterocycles. The molecule has 1 aromatic rings. The van der Waals surface area contributed by atoms with E-state index in [0.29, 0.717) is 5.71 Å². The lowest BCUT2D eigenvalue weighted by Crippen LogP contribution is -2.24. The minimum atomic E-state index is -0.643. The first-order valence-electron chi connectivity index (χ1n) is 6.38. The second-order valence-electron chi connectivity index (χ2n) is 4.46. The molecule has 2 amide bonds. The summed E-state index contributed by atoms with van der Waals surface area (Å²) in [6, 6.07) is 3.92. The lowest BCUT2D eigenvalue weighted by Gasteiger charge is -2.06. The molecule has 0 atom stereocenters. The molecule has 0 saturated heterocycles. The number of hydrazone groups is 1.